The summed E-state index contributed by atoms with van der Waals surface area (Å²) in [6, 6.07) is 15.6. The fraction of sp³-hybridized carbons (Fsp3) is 0.278. The third-order valence-corrected chi connectivity index (χ3v) is 3.91. The van der Waals surface area contributed by atoms with E-state index in [4.69, 9.17) is 8.92 Å². The molecule has 0 unspecified atom stereocenters. The highest BCUT2D eigenvalue weighted by Gasteiger charge is 2.16. The molecular weight excluding hydrogens is 342 g/mol. The van der Waals surface area contributed by atoms with Gasteiger partial charge in [-0.05, 0) is 29.8 Å². The van der Waals surface area contributed by atoms with E-state index >= 15 is 0 Å². The van der Waals surface area contributed by atoms with Crippen molar-refractivity contribution < 1.29 is 22.1 Å². The molecule has 0 bridgehead atoms. The third-order valence-electron chi connectivity index (χ3n) is 3.42. The van der Waals surface area contributed by atoms with Crippen LogP contribution in [0.25, 0.3) is 0 Å². The zero-order valence-corrected chi connectivity index (χ0v) is 15.0. The molecule has 0 fully saturated rings. The lowest BCUT2D eigenvalue weighted by Crippen LogP contribution is -2.33. The topological polar surface area (TPSA) is 72.9 Å². The first-order chi connectivity index (χ1) is 11.9. The maximum Gasteiger partial charge on any atom is 0.306 e. The summed E-state index contributed by atoms with van der Waals surface area (Å²) in [7, 11) is -1.97. The number of hydrogen-bond acceptors (Lipinski definition) is 5. The summed E-state index contributed by atoms with van der Waals surface area (Å²) in [5.74, 6) is 0.151. The van der Waals surface area contributed by atoms with Gasteiger partial charge in [0.25, 0.3) is 5.91 Å². The van der Waals surface area contributed by atoms with Gasteiger partial charge in [-0.1, -0.05) is 30.3 Å². The van der Waals surface area contributed by atoms with E-state index in [1.807, 2.05) is 18.2 Å². The Kier molecular flexibility index (Phi) is 6.55. The minimum absolute atomic E-state index is 0.0888. The molecule has 0 spiro atoms. The van der Waals surface area contributed by atoms with E-state index in [1.54, 1.807) is 48.4 Å². The molecule has 7 heteroatoms. The Morgan fingerprint density at radius 1 is 1.04 bits per heavy atom. The fourth-order valence-electron chi connectivity index (χ4n) is 2.26. The Morgan fingerprint density at radius 2 is 1.68 bits per heavy atom. The Bertz CT molecular complexity index is 788. The average Bonchev–Trinajstić information content (AvgIpc) is 2.59. The average molecular weight is 363 g/mol. The van der Waals surface area contributed by atoms with Crippen molar-refractivity contribution >= 4 is 16.0 Å². The number of rotatable bonds is 8. The molecule has 0 atom stereocenters. The molecule has 2 aromatic carbocycles. The summed E-state index contributed by atoms with van der Waals surface area (Å²) in [6.45, 7) is 1.26. The standard InChI is InChI=1S/C18H21NO5S/c1-23-13-12-19(18(20)16-6-4-3-5-7-16)14-15-8-10-17(11-9-15)24-25(2,21)22/h3-11H,12-14H2,1-2H3. The van der Waals surface area contributed by atoms with Crippen molar-refractivity contribution in [1.29, 1.82) is 0 Å². The zero-order chi connectivity index (χ0) is 18.3. The van der Waals surface area contributed by atoms with Gasteiger partial charge in [-0.3, -0.25) is 4.79 Å². The molecule has 1 amide bonds. The van der Waals surface area contributed by atoms with Crippen LogP contribution in [0.5, 0.6) is 5.75 Å². The lowest BCUT2D eigenvalue weighted by atomic mass is 10.1. The van der Waals surface area contributed by atoms with Crippen LogP contribution in [0.2, 0.25) is 0 Å². The second-order valence-corrected chi connectivity index (χ2v) is 7.09. The Labute approximate surface area is 148 Å². The Balaban J connectivity index is 2.12. The first-order valence-electron chi connectivity index (χ1n) is 7.71. The van der Waals surface area contributed by atoms with Gasteiger partial charge in [-0.2, -0.15) is 8.42 Å². The van der Waals surface area contributed by atoms with E-state index in [9.17, 15) is 13.2 Å². The van der Waals surface area contributed by atoms with Gasteiger partial charge < -0.3 is 13.8 Å². The van der Waals surface area contributed by atoms with Gasteiger partial charge in [-0.15, -0.1) is 0 Å². The molecule has 0 aromatic heterocycles. The third kappa shape index (κ3) is 6.21. The van der Waals surface area contributed by atoms with Gasteiger partial charge >= 0.3 is 10.1 Å². The van der Waals surface area contributed by atoms with Gasteiger partial charge in [-0.25, -0.2) is 0 Å². The summed E-state index contributed by atoms with van der Waals surface area (Å²) in [5, 5.41) is 0. The largest absolute Gasteiger partial charge is 0.383 e. The molecule has 0 saturated heterocycles. The lowest BCUT2D eigenvalue weighted by molar-refractivity contribution is 0.0680. The van der Waals surface area contributed by atoms with Crippen LogP contribution in [0.1, 0.15) is 15.9 Å². The van der Waals surface area contributed by atoms with Crippen LogP contribution in [0.15, 0.2) is 54.6 Å². The van der Waals surface area contributed by atoms with Crippen molar-refractivity contribution in [2.75, 3.05) is 26.5 Å². The molecule has 2 aromatic rings. The molecule has 0 aliphatic heterocycles. The quantitative estimate of drug-likeness (QED) is 0.673. The minimum Gasteiger partial charge on any atom is -0.383 e. The van der Waals surface area contributed by atoms with Crippen molar-refractivity contribution in [1.82, 2.24) is 4.90 Å². The van der Waals surface area contributed by atoms with Gasteiger partial charge in [0.1, 0.15) is 5.75 Å². The second kappa shape index (κ2) is 8.64. The number of nitrogens with zero attached hydrogens (tertiary/aromatic N) is 1. The number of methoxy groups -OCH3 is 1. The number of ether oxygens (including phenoxy) is 1. The highest BCUT2D eigenvalue weighted by atomic mass is 32.2. The van der Waals surface area contributed by atoms with E-state index in [1.165, 1.54) is 0 Å². The maximum absolute atomic E-state index is 12.7. The molecule has 0 aliphatic carbocycles. The van der Waals surface area contributed by atoms with Gasteiger partial charge in [0, 0.05) is 25.8 Å². The van der Waals surface area contributed by atoms with Gasteiger partial charge in [0.05, 0.1) is 12.9 Å². The van der Waals surface area contributed by atoms with Crippen molar-refractivity contribution in [3.63, 3.8) is 0 Å². The predicted molar refractivity (Wildman–Crippen MR) is 95.0 cm³/mol. The number of carbonyl (C=O) groups excluding carboxylic acids is 1. The first-order valence-corrected chi connectivity index (χ1v) is 9.52. The van der Waals surface area contributed by atoms with Crippen LogP contribution >= 0.6 is 0 Å². The lowest BCUT2D eigenvalue weighted by Gasteiger charge is -2.22. The van der Waals surface area contributed by atoms with Crippen LogP contribution in [0.4, 0.5) is 0 Å². The molecule has 6 nitrogen and oxygen atoms in total. The van der Waals surface area contributed by atoms with E-state index in [-0.39, 0.29) is 11.7 Å². The summed E-state index contributed by atoms with van der Waals surface area (Å²) < 4.78 is 32.2. The Morgan fingerprint density at radius 3 is 2.24 bits per heavy atom. The summed E-state index contributed by atoms with van der Waals surface area (Å²) in [4.78, 5) is 14.4. The smallest absolute Gasteiger partial charge is 0.306 e. The molecule has 0 saturated carbocycles. The van der Waals surface area contributed by atoms with E-state index in [0.717, 1.165) is 11.8 Å². The first kappa shape index (κ1) is 19.0. The van der Waals surface area contributed by atoms with E-state index in [0.29, 0.717) is 25.3 Å². The summed E-state index contributed by atoms with van der Waals surface area (Å²) in [6.07, 6.45) is 0.992. The van der Waals surface area contributed by atoms with Crippen molar-refractivity contribution in [3.05, 3.63) is 65.7 Å². The SMILES string of the molecule is COCCN(Cc1ccc(OS(C)(=O)=O)cc1)C(=O)c1ccccc1. The van der Waals surface area contributed by atoms with Crippen LogP contribution < -0.4 is 4.18 Å². The molecule has 134 valence electrons. The Hall–Kier alpha value is -2.38. The molecule has 0 N–H and O–H groups in total. The van der Waals surface area contributed by atoms with Crippen molar-refractivity contribution in [2.24, 2.45) is 0 Å². The van der Waals surface area contributed by atoms with Gasteiger partial charge in [0.15, 0.2) is 0 Å². The summed E-state index contributed by atoms with van der Waals surface area (Å²) in [5.41, 5.74) is 1.47. The zero-order valence-electron chi connectivity index (χ0n) is 14.2. The number of hydrogen-bond donors (Lipinski definition) is 0. The highest BCUT2D eigenvalue weighted by Crippen LogP contribution is 2.16. The predicted octanol–water partition coefficient (Wildman–Crippen LogP) is 2.31. The molecule has 2 rings (SSSR count). The van der Waals surface area contributed by atoms with Gasteiger partial charge in [0.2, 0.25) is 0 Å². The van der Waals surface area contributed by atoms with Crippen molar-refractivity contribution in [3.8, 4) is 5.75 Å². The number of benzene rings is 2. The molecule has 25 heavy (non-hydrogen) atoms. The van der Waals surface area contributed by atoms with E-state index < -0.39 is 10.1 Å². The monoisotopic (exact) mass is 363 g/mol. The summed E-state index contributed by atoms with van der Waals surface area (Å²) >= 11 is 0. The van der Waals surface area contributed by atoms with Crippen LogP contribution in [-0.2, 0) is 21.4 Å². The van der Waals surface area contributed by atoms with E-state index in [2.05, 4.69) is 0 Å². The molecular formula is C18H21NO5S. The van der Waals surface area contributed by atoms with Crippen LogP contribution in [0, 0.1) is 0 Å². The van der Waals surface area contributed by atoms with Crippen molar-refractivity contribution in [2.45, 2.75) is 6.54 Å². The highest BCUT2D eigenvalue weighted by molar-refractivity contribution is 7.86. The molecule has 0 radical (unpaired) electrons. The molecule has 0 aliphatic rings. The number of amides is 1. The van der Waals surface area contributed by atoms with Crippen LogP contribution in [-0.4, -0.2) is 45.7 Å². The normalized spacial score (nSPS) is 11.1. The second-order valence-electron chi connectivity index (χ2n) is 5.52. The molecule has 0 heterocycles. The maximum atomic E-state index is 12.7. The number of carbonyl (C=O) groups is 1. The minimum atomic E-state index is -3.56. The fourth-order valence-corrected chi connectivity index (χ4v) is 2.72. The van der Waals surface area contributed by atoms with Crippen LogP contribution in [0.3, 0.4) is 0 Å².